The summed E-state index contributed by atoms with van der Waals surface area (Å²) in [6.45, 7) is 9.06. The molecule has 0 spiro atoms. The Morgan fingerprint density at radius 3 is 2.55 bits per heavy atom. The minimum atomic E-state index is 0.0387. The van der Waals surface area contributed by atoms with Gasteiger partial charge in [0.25, 0.3) is 0 Å². The van der Waals surface area contributed by atoms with E-state index in [-0.39, 0.29) is 18.0 Å². The monoisotopic (exact) mass is 309 g/mol. The first kappa shape index (κ1) is 15.6. The standard InChI is InChI=1S/C15H27N5O2/c1-2-18-6-3-12(4-7-18)17-14(21)11-19-9-13(10-19)20-8-5-16-15(20)22/h12-13H,2-11H2,1H3,(H,16,22)(H,17,21). The molecule has 0 saturated carbocycles. The lowest BCUT2D eigenvalue weighted by Gasteiger charge is -2.43. The van der Waals surface area contributed by atoms with E-state index >= 15 is 0 Å². The Bertz CT molecular complexity index is 416. The van der Waals surface area contributed by atoms with Gasteiger partial charge in [0.1, 0.15) is 0 Å². The van der Waals surface area contributed by atoms with Crippen molar-refractivity contribution >= 4 is 11.9 Å². The average Bonchev–Trinajstić information content (AvgIpc) is 2.89. The van der Waals surface area contributed by atoms with Gasteiger partial charge in [-0.2, -0.15) is 0 Å². The van der Waals surface area contributed by atoms with Crippen molar-refractivity contribution in [2.45, 2.75) is 31.8 Å². The van der Waals surface area contributed by atoms with Crippen LogP contribution in [0, 0.1) is 0 Å². The van der Waals surface area contributed by atoms with Crippen molar-refractivity contribution in [3.8, 4) is 0 Å². The fourth-order valence-electron chi connectivity index (χ4n) is 3.57. The van der Waals surface area contributed by atoms with Crippen LogP contribution in [-0.4, -0.2) is 91.1 Å². The molecule has 3 aliphatic heterocycles. The van der Waals surface area contributed by atoms with Crippen LogP contribution in [0.2, 0.25) is 0 Å². The Morgan fingerprint density at radius 2 is 1.95 bits per heavy atom. The van der Waals surface area contributed by atoms with E-state index in [1.807, 2.05) is 4.90 Å². The molecule has 3 heterocycles. The smallest absolute Gasteiger partial charge is 0.317 e. The van der Waals surface area contributed by atoms with Gasteiger partial charge < -0.3 is 20.4 Å². The number of rotatable bonds is 5. The van der Waals surface area contributed by atoms with Gasteiger partial charge in [-0.1, -0.05) is 6.92 Å². The molecule has 0 aromatic heterocycles. The number of urea groups is 1. The Morgan fingerprint density at radius 1 is 1.23 bits per heavy atom. The van der Waals surface area contributed by atoms with E-state index in [0.717, 1.165) is 58.7 Å². The Hall–Kier alpha value is -1.34. The number of hydrogen-bond donors (Lipinski definition) is 2. The Labute approximate surface area is 132 Å². The van der Waals surface area contributed by atoms with Gasteiger partial charge in [-0.25, -0.2) is 4.79 Å². The van der Waals surface area contributed by atoms with Crippen LogP contribution in [0.3, 0.4) is 0 Å². The molecule has 0 aliphatic carbocycles. The summed E-state index contributed by atoms with van der Waals surface area (Å²) in [6.07, 6.45) is 2.10. The van der Waals surface area contributed by atoms with E-state index in [1.54, 1.807) is 0 Å². The van der Waals surface area contributed by atoms with Gasteiger partial charge in [0.05, 0.1) is 12.6 Å². The highest BCUT2D eigenvalue weighted by Gasteiger charge is 2.37. The summed E-state index contributed by atoms with van der Waals surface area (Å²) in [5, 5.41) is 5.98. The fraction of sp³-hybridized carbons (Fsp3) is 0.867. The average molecular weight is 309 g/mol. The third kappa shape index (κ3) is 3.52. The highest BCUT2D eigenvalue weighted by molar-refractivity contribution is 5.79. The minimum Gasteiger partial charge on any atom is -0.352 e. The van der Waals surface area contributed by atoms with E-state index in [2.05, 4.69) is 27.4 Å². The van der Waals surface area contributed by atoms with Crippen LogP contribution >= 0.6 is 0 Å². The number of piperidine rings is 1. The number of carbonyl (C=O) groups excluding carboxylic acids is 2. The van der Waals surface area contributed by atoms with Crippen LogP contribution in [0.15, 0.2) is 0 Å². The van der Waals surface area contributed by atoms with E-state index in [0.29, 0.717) is 12.6 Å². The highest BCUT2D eigenvalue weighted by atomic mass is 16.2. The van der Waals surface area contributed by atoms with Crippen molar-refractivity contribution in [3.63, 3.8) is 0 Å². The van der Waals surface area contributed by atoms with Crippen LogP contribution < -0.4 is 10.6 Å². The lowest BCUT2D eigenvalue weighted by molar-refractivity contribution is -0.124. The molecule has 0 bridgehead atoms. The van der Waals surface area contributed by atoms with Crippen LogP contribution in [0.25, 0.3) is 0 Å². The van der Waals surface area contributed by atoms with Gasteiger partial charge in [-0.15, -0.1) is 0 Å². The molecule has 2 N–H and O–H groups in total. The molecule has 0 unspecified atom stereocenters. The molecule has 124 valence electrons. The second-order valence-corrected chi connectivity index (χ2v) is 6.55. The molecule has 0 atom stereocenters. The van der Waals surface area contributed by atoms with Gasteiger partial charge in [-0.05, 0) is 19.4 Å². The third-order valence-corrected chi connectivity index (χ3v) is 5.04. The highest BCUT2D eigenvalue weighted by Crippen LogP contribution is 2.16. The lowest BCUT2D eigenvalue weighted by atomic mass is 10.0. The van der Waals surface area contributed by atoms with Gasteiger partial charge in [0.15, 0.2) is 0 Å². The summed E-state index contributed by atoms with van der Waals surface area (Å²) in [6, 6.07) is 0.650. The molecular weight excluding hydrogens is 282 g/mol. The molecule has 3 saturated heterocycles. The third-order valence-electron chi connectivity index (χ3n) is 5.04. The van der Waals surface area contributed by atoms with Gasteiger partial charge in [0.2, 0.25) is 5.91 Å². The molecule has 3 fully saturated rings. The summed E-state index contributed by atoms with van der Waals surface area (Å²) < 4.78 is 0. The largest absolute Gasteiger partial charge is 0.352 e. The number of amides is 3. The van der Waals surface area contributed by atoms with Gasteiger partial charge >= 0.3 is 6.03 Å². The van der Waals surface area contributed by atoms with Crippen LogP contribution in [0.4, 0.5) is 4.79 Å². The van der Waals surface area contributed by atoms with Gasteiger partial charge in [0, 0.05) is 45.3 Å². The van der Waals surface area contributed by atoms with Crippen LogP contribution in [0.5, 0.6) is 0 Å². The fourth-order valence-corrected chi connectivity index (χ4v) is 3.57. The molecule has 7 nitrogen and oxygen atoms in total. The maximum atomic E-state index is 12.1. The number of carbonyl (C=O) groups is 2. The first-order valence-electron chi connectivity index (χ1n) is 8.44. The first-order chi connectivity index (χ1) is 10.7. The molecule has 0 radical (unpaired) electrons. The van der Waals surface area contributed by atoms with Crippen LogP contribution in [-0.2, 0) is 4.79 Å². The Kier molecular flexibility index (Phi) is 4.83. The molecule has 7 heteroatoms. The van der Waals surface area contributed by atoms with Gasteiger partial charge in [-0.3, -0.25) is 9.69 Å². The minimum absolute atomic E-state index is 0.0387. The summed E-state index contributed by atoms with van der Waals surface area (Å²) >= 11 is 0. The zero-order valence-corrected chi connectivity index (χ0v) is 13.4. The van der Waals surface area contributed by atoms with Crippen molar-refractivity contribution in [2.24, 2.45) is 0 Å². The second kappa shape index (κ2) is 6.83. The predicted molar refractivity (Wildman–Crippen MR) is 83.6 cm³/mol. The summed E-state index contributed by atoms with van der Waals surface area (Å²) in [7, 11) is 0. The summed E-state index contributed by atoms with van der Waals surface area (Å²) in [4.78, 5) is 30.1. The Balaban J connectivity index is 1.33. The zero-order valence-electron chi connectivity index (χ0n) is 13.4. The molecule has 3 rings (SSSR count). The zero-order chi connectivity index (χ0) is 15.5. The first-order valence-corrected chi connectivity index (χ1v) is 8.44. The molecular formula is C15H27N5O2. The molecule has 0 aromatic rings. The predicted octanol–water partition coefficient (Wildman–Crippen LogP) is -0.704. The van der Waals surface area contributed by atoms with E-state index in [4.69, 9.17) is 0 Å². The van der Waals surface area contributed by atoms with E-state index in [9.17, 15) is 9.59 Å². The second-order valence-electron chi connectivity index (χ2n) is 6.55. The van der Waals surface area contributed by atoms with Crippen molar-refractivity contribution in [1.29, 1.82) is 0 Å². The summed E-state index contributed by atoms with van der Waals surface area (Å²) in [5.74, 6) is 0.124. The normalized spacial score (nSPS) is 25.1. The van der Waals surface area contributed by atoms with Crippen molar-refractivity contribution < 1.29 is 9.59 Å². The topological polar surface area (TPSA) is 67.9 Å². The maximum absolute atomic E-state index is 12.1. The number of hydrogen-bond acceptors (Lipinski definition) is 4. The van der Waals surface area contributed by atoms with E-state index in [1.165, 1.54) is 0 Å². The lowest BCUT2D eigenvalue weighted by Crippen LogP contribution is -2.62. The van der Waals surface area contributed by atoms with Crippen molar-refractivity contribution in [1.82, 2.24) is 25.3 Å². The molecule has 22 heavy (non-hydrogen) atoms. The summed E-state index contributed by atoms with van der Waals surface area (Å²) in [5.41, 5.74) is 0. The van der Waals surface area contributed by atoms with Crippen LogP contribution in [0.1, 0.15) is 19.8 Å². The van der Waals surface area contributed by atoms with Crippen molar-refractivity contribution in [2.75, 3.05) is 52.4 Å². The number of nitrogens with one attached hydrogen (secondary N) is 2. The van der Waals surface area contributed by atoms with Crippen molar-refractivity contribution in [3.05, 3.63) is 0 Å². The van der Waals surface area contributed by atoms with E-state index < -0.39 is 0 Å². The number of nitrogens with zero attached hydrogens (tertiary/aromatic N) is 3. The molecule has 3 amide bonds. The maximum Gasteiger partial charge on any atom is 0.317 e. The number of likely N-dealkylation sites (tertiary alicyclic amines) is 2. The quantitative estimate of drug-likeness (QED) is 0.704. The SMILES string of the molecule is CCN1CCC(NC(=O)CN2CC(N3CCNC3=O)C2)CC1. The molecule has 3 aliphatic rings. The molecule has 0 aromatic carbocycles.